The number of rotatable bonds is 12. The quantitative estimate of drug-likeness (QED) is 0.339. The molecule has 0 bridgehead atoms. The van der Waals surface area contributed by atoms with Gasteiger partial charge in [-0.05, 0) is 66.2 Å². The summed E-state index contributed by atoms with van der Waals surface area (Å²) in [6.45, 7) is 14.1. The fourth-order valence-electron chi connectivity index (χ4n) is 4.00. The Morgan fingerprint density at radius 3 is 1.92 bits per heavy atom. The highest BCUT2D eigenvalue weighted by molar-refractivity contribution is 5.43. The van der Waals surface area contributed by atoms with Crippen LogP contribution in [-0.4, -0.2) is 0 Å². The third-order valence-electron chi connectivity index (χ3n) is 5.31. The van der Waals surface area contributed by atoms with Crippen molar-refractivity contribution in [1.29, 1.82) is 0 Å². The summed E-state index contributed by atoms with van der Waals surface area (Å²) in [5.41, 5.74) is 6.58. The van der Waals surface area contributed by atoms with Crippen LogP contribution in [0.3, 0.4) is 0 Å². The van der Waals surface area contributed by atoms with E-state index in [-0.39, 0.29) is 0 Å². The molecule has 24 heavy (non-hydrogen) atoms. The molecule has 0 aliphatic heterocycles. The normalized spacial score (nSPS) is 12.8. The molecule has 0 radical (unpaired) electrons. The molecule has 1 rings (SSSR count). The molecule has 0 aromatic heterocycles. The van der Waals surface area contributed by atoms with Crippen molar-refractivity contribution in [2.24, 2.45) is 0 Å². The number of hydrogen-bond acceptors (Lipinski definition) is 0. The molecule has 0 nitrogen and oxygen atoms in total. The monoisotopic (exact) mass is 330 g/mol. The summed E-state index contributed by atoms with van der Waals surface area (Å²) < 4.78 is 0. The second kappa shape index (κ2) is 11.7. The Morgan fingerprint density at radius 1 is 0.750 bits per heavy atom. The molecule has 0 amide bonds. The summed E-state index contributed by atoms with van der Waals surface area (Å²) in [6, 6.07) is 5.12. The van der Waals surface area contributed by atoms with E-state index in [1.807, 2.05) is 0 Å². The van der Waals surface area contributed by atoms with Crippen LogP contribution in [0.15, 0.2) is 12.1 Å². The van der Waals surface area contributed by atoms with E-state index in [9.17, 15) is 0 Å². The lowest BCUT2D eigenvalue weighted by molar-refractivity contribution is 0.640. The van der Waals surface area contributed by atoms with Crippen molar-refractivity contribution in [1.82, 2.24) is 0 Å². The summed E-state index contributed by atoms with van der Waals surface area (Å²) in [5.74, 6) is 1.34. The van der Waals surface area contributed by atoms with Crippen LogP contribution >= 0.6 is 0 Å². The van der Waals surface area contributed by atoms with Crippen molar-refractivity contribution in [2.45, 2.75) is 118 Å². The van der Waals surface area contributed by atoms with Gasteiger partial charge in [0.05, 0.1) is 0 Å². The zero-order chi connectivity index (χ0) is 17.9. The van der Waals surface area contributed by atoms with Gasteiger partial charge in [-0.3, -0.25) is 0 Å². The van der Waals surface area contributed by atoms with Crippen LogP contribution in [0.5, 0.6) is 0 Å². The van der Waals surface area contributed by atoms with Gasteiger partial charge in [0.25, 0.3) is 0 Å². The van der Waals surface area contributed by atoms with E-state index in [0.717, 1.165) is 0 Å². The third kappa shape index (κ3) is 6.61. The van der Waals surface area contributed by atoms with Crippen LogP contribution in [0.1, 0.15) is 127 Å². The van der Waals surface area contributed by atoms with E-state index in [1.54, 1.807) is 22.3 Å². The average Bonchev–Trinajstić information content (AvgIpc) is 2.55. The Morgan fingerprint density at radius 2 is 1.38 bits per heavy atom. The first-order valence-electron chi connectivity index (χ1n) is 10.7. The molecule has 0 aliphatic carbocycles. The van der Waals surface area contributed by atoms with E-state index >= 15 is 0 Å². The molecule has 1 atom stereocenters. The Balaban J connectivity index is 3.18. The molecule has 0 aliphatic rings. The van der Waals surface area contributed by atoms with E-state index in [2.05, 4.69) is 53.7 Å². The maximum atomic E-state index is 2.56. The van der Waals surface area contributed by atoms with Gasteiger partial charge in [0.2, 0.25) is 0 Å². The Kier molecular flexibility index (Phi) is 10.4. The second-order valence-corrected chi connectivity index (χ2v) is 8.02. The predicted molar refractivity (Wildman–Crippen MR) is 110 cm³/mol. The first-order valence-corrected chi connectivity index (χ1v) is 10.7. The van der Waals surface area contributed by atoms with Crippen LogP contribution in [0.25, 0.3) is 0 Å². The lowest BCUT2D eigenvalue weighted by Gasteiger charge is -2.24. The summed E-state index contributed by atoms with van der Waals surface area (Å²) in [5, 5.41) is 0. The molecule has 1 aromatic carbocycles. The molecule has 138 valence electrons. The summed E-state index contributed by atoms with van der Waals surface area (Å²) in [6.07, 6.45) is 13.2. The fourth-order valence-corrected chi connectivity index (χ4v) is 4.00. The minimum atomic E-state index is 0.639. The van der Waals surface area contributed by atoms with Gasteiger partial charge in [-0.25, -0.2) is 0 Å². The van der Waals surface area contributed by atoms with Crippen molar-refractivity contribution in [2.75, 3.05) is 0 Å². The van der Waals surface area contributed by atoms with Gasteiger partial charge in [-0.1, -0.05) is 85.8 Å². The zero-order valence-electron chi connectivity index (χ0n) is 17.4. The van der Waals surface area contributed by atoms with E-state index < -0.39 is 0 Å². The van der Waals surface area contributed by atoms with Crippen LogP contribution in [0.2, 0.25) is 0 Å². The largest absolute Gasteiger partial charge is 0.0654 e. The first-order chi connectivity index (χ1) is 11.5. The highest BCUT2D eigenvalue weighted by Crippen LogP contribution is 2.34. The summed E-state index contributed by atoms with van der Waals surface area (Å²) in [4.78, 5) is 0. The molecule has 1 unspecified atom stereocenters. The van der Waals surface area contributed by atoms with Crippen molar-refractivity contribution in [3.8, 4) is 0 Å². The number of unbranched alkanes of at least 4 members (excludes halogenated alkanes) is 4. The van der Waals surface area contributed by atoms with E-state index in [4.69, 9.17) is 0 Å². The van der Waals surface area contributed by atoms with Crippen molar-refractivity contribution < 1.29 is 0 Å². The Bertz CT molecular complexity index is 455. The van der Waals surface area contributed by atoms with Crippen LogP contribution < -0.4 is 0 Å². The first kappa shape index (κ1) is 21.3. The van der Waals surface area contributed by atoms with Gasteiger partial charge in [0.15, 0.2) is 0 Å². The van der Waals surface area contributed by atoms with Gasteiger partial charge in [-0.15, -0.1) is 0 Å². The number of aryl methyl sites for hydroxylation is 2. The topological polar surface area (TPSA) is 0 Å². The minimum Gasteiger partial charge on any atom is -0.0654 e. The minimum absolute atomic E-state index is 0.639. The maximum absolute atomic E-state index is 2.56. The van der Waals surface area contributed by atoms with Crippen molar-refractivity contribution in [3.05, 3.63) is 34.4 Å². The molecule has 1 aromatic rings. The van der Waals surface area contributed by atoms with E-state index in [1.165, 1.54) is 64.2 Å². The predicted octanol–water partition coefficient (Wildman–Crippen LogP) is 8.18. The molecular formula is C24H42. The molecule has 0 heteroatoms. The Hall–Kier alpha value is -0.780. The van der Waals surface area contributed by atoms with Crippen LogP contribution in [0.4, 0.5) is 0 Å². The lowest BCUT2D eigenvalue weighted by Crippen LogP contribution is -2.08. The highest BCUT2D eigenvalue weighted by Gasteiger charge is 2.18. The molecule has 0 spiro atoms. The Labute approximate surface area is 152 Å². The standard InChI is InChI=1S/C24H42/c1-7-10-12-15-21-17-22(16-13-11-8-2)24(19(4)5)23(18-21)20(6)14-9-3/h17-20H,7-16H2,1-6H3. The van der Waals surface area contributed by atoms with Gasteiger partial charge in [0, 0.05) is 0 Å². The van der Waals surface area contributed by atoms with Gasteiger partial charge in [-0.2, -0.15) is 0 Å². The zero-order valence-corrected chi connectivity index (χ0v) is 17.4. The van der Waals surface area contributed by atoms with Gasteiger partial charge < -0.3 is 0 Å². The molecule has 0 saturated carbocycles. The number of benzene rings is 1. The molecule has 0 N–H and O–H groups in total. The highest BCUT2D eigenvalue weighted by atomic mass is 14.2. The molecule has 0 fully saturated rings. The average molecular weight is 331 g/mol. The van der Waals surface area contributed by atoms with Gasteiger partial charge >= 0.3 is 0 Å². The lowest BCUT2D eigenvalue weighted by atomic mass is 9.81. The molecule has 0 saturated heterocycles. The summed E-state index contributed by atoms with van der Waals surface area (Å²) >= 11 is 0. The SMILES string of the molecule is CCCCCc1cc(CCCCC)c(C(C)C)c(C(C)CCC)c1. The van der Waals surface area contributed by atoms with Crippen molar-refractivity contribution >= 4 is 0 Å². The summed E-state index contributed by atoms with van der Waals surface area (Å²) in [7, 11) is 0. The van der Waals surface area contributed by atoms with Gasteiger partial charge in [0.1, 0.15) is 0 Å². The van der Waals surface area contributed by atoms with E-state index in [0.29, 0.717) is 11.8 Å². The number of hydrogen-bond donors (Lipinski definition) is 0. The van der Waals surface area contributed by atoms with Crippen LogP contribution in [0, 0.1) is 0 Å². The maximum Gasteiger partial charge on any atom is -0.0187 e. The second-order valence-electron chi connectivity index (χ2n) is 8.02. The molecular weight excluding hydrogens is 288 g/mol. The fraction of sp³-hybridized carbons (Fsp3) is 0.750. The van der Waals surface area contributed by atoms with Crippen molar-refractivity contribution in [3.63, 3.8) is 0 Å². The third-order valence-corrected chi connectivity index (χ3v) is 5.31. The van der Waals surface area contributed by atoms with Crippen LogP contribution in [-0.2, 0) is 12.8 Å². The molecule has 0 heterocycles. The smallest absolute Gasteiger partial charge is 0.0187 e.